The Morgan fingerprint density at radius 3 is 2.06 bits per heavy atom. The summed E-state index contributed by atoms with van der Waals surface area (Å²) in [5.41, 5.74) is 2.90. The van der Waals surface area contributed by atoms with Crippen molar-refractivity contribution in [1.82, 2.24) is 15.1 Å². The molecule has 0 fully saturated rings. The number of esters is 1. The number of fused-ring (bicyclic) bond motifs is 1. The van der Waals surface area contributed by atoms with Gasteiger partial charge in [-0.3, -0.25) is 9.59 Å². The molecule has 9 heteroatoms. The van der Waals surface area contributed by atoms with Crippen LogP contribution in [0.4, 0.5) is 4.79 Å². The van der Waals surface area contributed by atoms with Gasteiger partial charge in [-0.25, -0.2) is 9.59 Å². The normalized spacial score (nSPS) is 15.2. The molecule has 4 rings (SSSR count). The molecule has 0 bridgehead atoms. The maximum absolute atomic E-state index is 14.7. The molecule has 0 spiro atoms. The first kappa shape index (κ1) is 35.2. The minimum atomic E-state index is -0.943. The molecule has 250 valence electrons. The number of hydrogen-bond donors (Lipinski definition) is 1. The molecule has 0 aliphatic carbocycles. The zero-order valence-corrected chi connectivity index (χ0v) is 28.5. The third-order valence-corrected chi connectivity index (χ3v) is 8.16. The quantitative estimate of drug-likeness (QED) is 0.290. The number of methoxy groups -OCH3 is 1. The van der Waals surface area contributed by atoms with Crippen LogP contribution >= 0.6 is 0 Å². The van der Waals surface area contributed by atoms with Crippen LogP contribution in [0, 0.1) is 5.41 Å². The van der Waals surface area contributed by atoms with Gasteiger partial charge in [-0.15, -0.1) is 0 Å². The van der Waals surface area contributed by atoms with E-state index in [0.717, 1.165) is 22.3 Å². The van der Waals surface area contributed by atoms with Gasteiger partial charge in [0, 0.05) is 26.1 Å². The van der Waals surface area contributed by atoms with Crippen LogP contribution in [0.1, 0.15) is 74.2 Å². The number of benzene rings is 3. The summed E-state index contributed by atoms with van der Waals surface area (Å²) in [6.07, 6.45) is 0.271. The van der Waals surface area contributed by atoms with Crippen molar-refractivity contribution < 1.29 is 28.7 Å². The van der Waals surface area contributed by atoms with Gasteiger partial charge in [-0.05, 0) is 67.0 Å². The average Bonchev–Trinajstić information content (AvgIpc) is 3.03. The number of amides is 3. The number of nitrogens with zero attached hydrogens (tertiary/aromatic N) is 2. The first-order chi connectivity index (χ1) is 22.2. The van der Waals surface area contributed by atoms with Crippen molar-refractivity contribution in [2.75, 3.05) is 13.7 Å². The van der Waals surface area contributed by atoms with Crippen molar-refractivity contribution in [3.05, 3.63) is 107 Å². The van der Waals surface area contributed by atoms with E-state index in [0.29, 0.717) is 24.9 Å². The first-order valence-electron chi connectivity index (χ1n) is 16.0. The Balaban J connectivity index is 1.69. The predicted octanol–water partition coefficient (Wildman–Crippen LogP) is 5.94. The number of rotatable bonds is 9. The summed E-state index contributed by atoms with van der Waals surface area (Å²) < 4.78 is 10.4. The van der Waals surface area contributed by atoms with Crippen molar-refractivity contribution in [2.24, 2.45) is 5.41 Å². The number of alkyl carbamates (subject to hydrolysis) is 1. The van der Waals surface area contributed by atoms with Crippen molar-refractivity contribution in [3.63, 3.8) is 0 Å². The molecule has 2 atom stereocenters. The Morgan fingerprint density at radius 2 is 1.47 bits per heavy atom. The van der Waals surface area contributed by atoms with E-state index in [9.17, 15) is 19.2 Å². The van der Waals surface area contributed by atoms with E-state index >= 15 is 0 Å². The third kappa shape index (κ3) is 9.44. The smallest absolute Gasteiger partial charge is 0.408 e. The lowest BCUT2D eigenvalue weighted by molar-refractivity contribution is -0.150. The zero-order chi connectivity index (χ0) is 34.4. The van der Waals surface area contributed by atoms with E-state index in [-0.39, 0.29) is 24.9 Å². The van der Waals surface area contributed by atoms with Gasteiger partial charge in [-0.1, -0.05) is 87.5 Å². The molecule has 1 heterocycles. The number of carbonyl (C=O) groups is 4. The van der Waals surface area contributed by atoms with Crippen LogP contribution in [-0.2, 0) is 45.0 Å². The Hall–Kier alpha value is -4.66. The zero-order valence-electron chi connectivity index (χ0n) is 28.5. The van der Waals surface area contributed by atoms with Crippen LogP contribution in [0.2, 0.25) is 0 Å². The van der Waals surface area contributed by atoms with Crippen molar-refractivity contribution in [2.45, 2.75) is 85.2 Å². The van der Waals surface area contributed by atoms with Gasteiger partial charge in [0.1, 0.15) is 17.7 Å². The van der Waals surface area contributed by atoms with Crippen LogP contribution in [0.15, 0.2) is 78.9 Å². The van der Waals surface area contributed by atoms with E-state index in [1.807, 2.05) is 87.5 Å². The van der Waals surface area contributed by atoms with Crippen LogP contribution in [0.25, 0.3) is 0 Å². The Labute approximate surface area is 278 Å². The lowest BCUT2D eigenvalue weighted by Gasteiger charge is -2.42. The second-order valence-electron chi connectivity index (χ2n) is 14.1. The Bertz CT molecular complexity index is 1560. The largest absolute Gasteiger partial charge is 0.465 e. The van der Waals surface area contributed by atoms with E-state index in [1.54, 1.807) is 42.7 Å². The third-order valence-electron chi connectivity index (χ3n) is 8.16. The molecular formula is C38H47N3O6. The maximum atomic E-state index is 14.7. The monoisotopic (exact) mass is 641 g/mol. The SMILES string of the molecule is COC(=O)c1ccc(CN(CCc2ccccc2)C(=O)[C@@H]2Cc3ccccc3CN2C(=O)[C@@H](NC(=O)OC(C)(C)C)C(C)(C)C)cc1. The van der Waals surface area contributed by atoms with Crippen LogP contribution in [-0.4, -0.2) is 65.0 Å². The lowest BCUT2D eigenvalue weighted by Crippen LogP contribution is -2.61. The van der Waals surface area contributed by atoms with Gasteiger partial charge in [0.25, 0.3) is 0 Å². The summed E-state index contributed by atoms with van der Waals surface area (Å²) in [6, 6.07) is 23.0. The highest BCUT2D eigenvalue weighted by Gasteiger charge is 2.43. The lowest BCUT2D eigenvalue weighted by atomic mass is 9.84. The molecule has 0 saturated heterocycles. The molecule has 1 N–H and O–H groups in total. The van der Waals surface area contributed by atoms with Crippen LogP contribution < -0.4 is 5.32 Å². The molecular weight excluding hydrogens is 594 g/mol. The Morgan fingerprint density at radius 1 is 0.851 bits per heavy atom. The summed E-state index contributed by atoms with van der Waals surface area (Å²) in [5.74, 6) is -0.968. The predicted molar refractivity (Wildman–Crippen MR) is 180 cm³/mol. The van der Waals surface area contributed by atoms with Crippen molar-refractivity contribution >= 4 is 23.9 Å². The number of ether oxygens (including phenoxy) is 2. The average molecular weight is 642 g/mol. The molecule has 3 aromatic carbocycles. The van der Waals surface area contributed by atoms with Gasteiger partial charge in [0.05, 0.1) is 12.7 Å². The maximum Gasteiger partial charge on any atom is 0.408 e. The number of hydrogen-bond acceptors (Lipinski definition) is 6. The molecule has 47 heavy (non-hydrogen) atoms. The molecule has 1 aliphatic heterocycles. The fourth-order valence-corrected chi connectivity index (χ4v) is 5.69. The fraction of sp³-hybridized carbons (Fsp3) is 0.421. The standard InChI is InChI=1S/C38H47N3O6/c1-37(2,3)32(39-36(45)47-38(4,5)6)34(43)41-25-30-16-12-11-15-29(30)23-31(41)33(42)40(22-21-26-13-9-8-10-14-26)24-27-17-19-28(20-18-27)35(44)46-7/h8-20,31-32H,21-25H2,1-7H3,(H,39,45)/t31-,32+/m0/s1. The van der Waals surface area contributed by atoms with E-state index in [1.165, 1.54) is 7.11 Å². The minimum absolute atomic E-state index is 0.189. The van der Waals surface area contributed by atoms with Gasteiger partial charge in [-0.2, -0.15) is 0 Å². The molecule has 0 aromatic heterocycles. The highest BCUT2D eigenvalue weighted by atomic mass is 16.6. The van der Waals surface area contributed by atoms with Gasteiger partial charge in [0.2, 0.25) is 11.8 Å². The topological polar surface area (TPSA) is 105 Å². The first-order valence-corrected chi connectivity index (χ1v) is 16.0. The van der Waals surface area contributed by atoms with Crippen molar-refractivity contribution in [1.29, 1.82) is 0 Å². The van der Waals surface area contributed by atoms with E-state index in [2.05, 4.69) is 5.32 Å². The minimum Gasteiger partial charge on any atom is -0.465 e. The fourth-order valence-electron chi connectivity index (χ4n) is 5.69. The summed E-state index contributed by atoms with van der Waals surface area (Å²) in [6.45, 7) is 11.9. The second kappa shape index (κ2) is 14.8. The summed E-state index contributed by atoms with van der Waals surface area (Å²) >= 11 is 0. The van der Waals surface area contributed by atoms with E-state index < -0.39 is 35.2 Å². The molecule has 0 radical (unpaired) electrons. The number of nitrogens with one attached hydrogen (secondary N) is 1. The number of carbonyl (C=O) groups excluding carboxylic acids is 4. The highest BCUT2D eigenvalue weighted by molar-refractivity contribution is 5.93. The molecule has 0 saturated carbocycles. The molecule has 0 unspecified atom stereocenters. The van der Waals surface area contributed by atoms with Gasteiger partial charge < -0.3 is 24.6 Å². The van der Waals surface area contributed by atoms with Gasteiger partial charge >= 0.3 is 12.1 Å². The highest BCUT2D eigenvalue weighted by Crippen LogP contribution is 2.30. The Kier molecular flexibility index (Phi) is 11.1. The summed E-state index contributed by atoms with van der Waals surface area (Å²) in [4.78, 5) is 57.6. The van der Waals surface area contributed by atoms with E-state index in [4.69, 9.17) is 9.47 Å². The summed E-state index contributed by atoms with van der Waals surface area (Å²) in [5, 5.41) is 2.81. The molecule has 3 amide bonds. The van der Waals surface area contributed by atoms with Crippen LogP contribution in [0.3, 0.4) is 0 Å². The van der Waals surface area contributed by atoms with Crippen molar-refractivity contribution in [3.8, 4) is 0 Å². The van der Waals surface area contributed by atoms with Crippen LogP contribution in [0.5, 0.6) is 0 Å². The molecule has 9 nitrogen and oxygen atoms in total. The molecule has 1 aliphatic rings. The molecule has 3 aromatic rings. The summed E-state index contributed by atoms with van der Waals surface area (Å²) in [7, 11) is 1.34. The second-order valence-corrected chi connectivity index (χ2v) is 14.1. The van der Waals surface area contributed by atoms with Gasteiger partial charge in [0.15, 0.2) is 0 Å².